The zero-order valence-electron chi connectivity index (χ0n) is 9.81. The maximum atomic E-state index is 12.0. The summed E-state index contributed by atoms with van der Waals surface area (Å²) >= 11 is 3.33. The molecule has 0 aliphatic heterocycles. The predicted octanol–water partition coefficient (Wildman–Crippen LogP) is 3.71. The van der Waals surface area contributed by atoms with E-state index in [1.54, 1.807) is 31.4 Å². The molecule has 0 aromatic heterocycles. The number of benzene rings is 2. The number of carbonyl (C=O) groups is 1. The summed E-state index contributed by atoms with van der Waals surface area (Å²) in [6, 6.07) is 14.5. The molecule has 0 bridgehead atoms. The van der Waals surface area contributed by atoms with Gasteiger partial charge in [-0.05, 0) is 36.4 Å². The van der Waals surface area contributed by atoms with Gasteiger partial charge >= 0.3 is 0 Å². The van der Waals surface area contributed by atoms with Gasteiger partial charge in [0.05, 0.1) is 12.8 Å². The molecule has 1 amide bonds. The molecular weight excluding hydrogens is 294 g/mol. The molecule has 0 saturated carbocycles. The first-order valence-electron chi connectivity index (χ1n) is 5.40. The van der Waals surface area contributed by atoms with Crippen LogP contribution in [0, 0.1) is 0 Å². The van der Waals surface area contributed by atoms with Crippen LogP contribution in [-0.2, 0) is 0 Å². The number of hydrogen-bond donors (Lipinski definition) is 1. The van der Waals surface area contributed by atoms with Crippen LogP contribution in [0.1, 0.15) is 10.4 Å². The SMILES string of the molecule is COc1ccccc1NC(=O)c1ccc(Br)cc1. The third kappa shape index (κ3) is 2.90. The quantitative estimate of drug-likeness (QED) is 0.939. The van der Waals surface area contributed by atoms with E-state index >= 15 is 0 Å². The molecule has 92 valence electrons. The van der Waals surface area contributed by atoms with E-state index in [1.165, 1.54) is 0 Å². The van der Waals surface area contributed by atoms with Gasteiger partial charge in [-0.1, -0.05) is 28.1 Å². The maximum absolute atomic E-state index is 12.0. The van der Waals surface area contributed by atoms with Gasteiger partial charge in [0.15, 0.2) is 0 Å². The van der Waals surface area contributed by atoms with Crippen molar-refractivity contribution in [2.75, 3.05) is 12.4 Å². The molecule has 0 unspecified atom stereocenters. The minimum absolute atomic E-state index is 0.160. The van der Waals surface area contributed by atoms with E-state index in [9.17, 15) is 4.79 Å². The summed E-state index contributed by atoms with van der Waals surface area (Å²) in [7, 11) is 1.57. The Labute approximate surface area is 114 Å². The Kier molecular flexibility index (Phi) is 3.99. The molecule has 0 heterocycles. The molecule has 2 rings (SSSR count). The predicted molar refractivity (Wildman–Crippen MR) is 75.1 cm³/mol. The van der Waals surface area contributed by atoms with E-state index in [2.05, 4.69) is 21.2 Å². The number of hydrogen-bond acceptors (Lipinski definition) is 2. The Bertz CT molecular complexity index is 552. The van der Waals surface area contributed by atoms with E-state index < -0.39 is 0 Å². The van der Waals surface area contributed by atoms with Crippen LogP contribution in [-0.4, -0.2) is 13.0 Å². The zero-order valence-corrected chi connectivity index (χ0v) is 11.4. The number of amides is 1. The van der Waals surface area contributed by atoms with Crippen molar-refractivity contribution < 1.29 is 9.53 Å². The van der Waals surface area contributed by atoms with Crippen LogP contribution in [0.3, 0.4) is 0 Å². The smallest absolute Gasteiger partial charge is 0.255 e. The number of anilines is 1. The first-order chi connectivity index (χ1) is 8.70. The summed E-state index contributed by atoms with van der Waals surface area (Å²) in [5.41, 5.74) is 1.26. The molecule has 0 atom stereocenters. The summed E-state index contributed by atoms with van der Waals surface area (Å²) in [4.78, 5) is 12.0. The highest BCUT2D eigenvalue weighted by atomic mass is 79.9. The molecule has 1 N–H and O–H groups in total. The average Bonchev–Trinajstić information content (AvgIpc) is 2.40. The number of carbonyl (C=O) groups excluding carboxylic acids is 1. The van der Waals surface area contributed by atoms with Crippen molar-refractivity contribution in [2.45, 2.75) is 0 Å². The molecular formula is C14H12BrNO2. The van der Waals surface area contributed by atoms with Gasteiger partial charge in [-0.25, -0.2) is 0 Å². The highest BCUT2D eigenvalue weighted by Crippen LogP contribution is 2.23. The molecule has 2 aromatic rings. The van der Waals surface area contributed by atoms with E-state index in [1.807, 2.05) is 24.3 Å². The van der Waals surface area contributed by atoms with Gasteiger partial charge in [0.25, 0.3) is 5.91 Å². The van der Waals surface area contributed by atoms with Gasteiger partial charge in [-0.2, -0.15) is 0 Å². The molecule has 0 spiro atoms. The summed E-state index contributed by atoms with van der Waals surface area (Å²) < 4.78 is 6.12. The van der Waals surface area contributed by atoms with Gasteiger partial charge in [0, 0.05) is 10.0 Å². The lowest BCUT2D eigenvalue weighted by atomic mass is 10.2. The topological polar surface area (TPSA) is 38.3 Å². The van der Waals surface area contributed by atoms with Gasteiger partial charge in [-0.3, -0.25) is 4.79 Å². The largest absolute Gasteiger partial charge is 0.495 e. The number of para-hydroxylation sites is 2. The lowest BCUT2D eigenvalue weighted by molar-refractivity contribution is 0.102. The number of nitrogens with one attached hydrogen (secondary N) is 1. The Morgan fingerprint density at radius 2 is 1.78 bits per heavy atom. The van der Waals surface area contributed by atoms with Crippen LogP contribution in [0.2, 0.25) is 0 Å². The molecule has 0 saturated heterocycles. The normalized spacial score (nSPS) is 9.89. The lowest BCUT2D eigenvalue weighted by Gasteiger charge is -2.09. The summed E-state index contributed by atoms with van der Waals surface area (Å²) in [5, 5.41) is 2.82. The van der Waals surface area contributed by atoms with E-state index in [4.69, 9.17) is 4.74 Å². The molecule has 0 aliphatic rings. The van der Waals surface area contributed by atoms with Crippen LogP contribution in [0.5, 0.6) is 5.75 Å². The van der Waals surface area contributed by atoms with Crippen molar-refractivity contribution >= 4 is 27.5 Å². The van der Waals surface area contributed by atoms with Crippen molar-refractivity contribution in [1.29, 1.82) is 0 Å². The third-order valence-electron chi connectivity index (χ3n) is 2.46. The lowest BCUT2D eigenvalue weighted by Crippen LogP contribution is -2.12. The Balaban J connectivity index is 2.18. The fourth-order valence-corrected chi connectivity index (χ4v) is 1.81. The maximum Gasteiger partial charge on any atom is 0.255 e. The second-order valence-electron chi connectivity index (χ2n) is 3.66. The highest BCUT2D eigenvalue weighted by molar-refractivity contribution is 9.10. The first-order valence-corrected chi connectivity index (χ1v) is 6.20. The zero-order chi connectivity index (χ0) is 13.0. The Morgan fingerprint density at radius 3 is 2.44 bits per heavy atom. The van der Waals surface area contributed by atoms with E-state index in [0.29, 0.717) is 17.0 Å². The van der Waals surface area contributed by atoms with Crippen LogP contribution in [0.4, 0.5) is 5.69 Å². The van der Waals surface area contributed by atoms with Crippen molar-refractivity contribution in [3.63, 3.8) is 0 Å². The van der Waals surface area contributed by atoms with Gasteiger partial charge < -0.3 is 10.1 Å². The minimum atomic E-state index is -0.160. The molecule has 0 radical (unpaired) electrons. The van der Waals surface area contributed by atoms with Crippen molar-refractivity contribution in [3.05, 3.63) is 58.6 Å². The summed E-state index contributed by atoms with van der Waals surface area (Å²) in [6.07, 6.45) is 0. The summed E-state index contributed by atoms with van der Waals surface area (Å²) in [5.74, 6) is 0.481. The first kappa shape index (κ1) is 12.6. The van der Waals surface area contributed by atoms with Crippen molar-refractivity contribution in [2.24, 2.45) is 0 Å². The molecule has 2 aromatic carbocycles. The van der Waals surface area contributed by atoms with Crippen molar-refractivity contribution in [1.82, 2.24) is 0 Å². The molecule has 0 fully saturated rings. The fraction of sp³-hybridized carbons (Fsp3) is 0.0714. The third-order valence-corrected chi connectivity index (χ3v) is 2.99. The van der Waals surface area contributed by atoms with E-state index in [-0.39, 0.29) is 5.91 Å². The van der Waals surface area contributed by atoms with Gasteiger partial charge in [0.2, 0.25) is 0 Å². The number of halogens is 1. The Hall–Kier alpha value is -1.81. The second kappa shape index (κ2) is 5.69. The van der Waals surface area contributed by atoms with Crippen LogP contribution < -0.4 is 10.1 Å². The number of ether oxygens (including phenoxy) is 1. The molecule has 0 aliphatic carbocycles. The molecule has 18 heavy (non-hydrogen) atoms. The van der Waals surface area contributed by atoms with Gasteiger partial charge in [0.1, 0.15) is 5.75 Å². The Morgan fingerprint density at radius 1 is 1.11 bits per heavy atom. The standard InChI is InChI=1S/C14H12BrNO2/c1-18-13-5-3-2-4-12(13)16-14(17)10-6-8-11(15)9-7-10/h2-9H,1H3,(H,16,17). The average molecular weight is 306 g/mol. The second-order valence-corrected chi connectivity index (χ2v) is 4.58. The molecule has 4 heteroatoms. The van der Waals surface area contributed by atoms with Crippen LogP contribution in [0.15, 0.2) is 53.0 Å². The monoisotopic (exact) mass is 305 g/mol. The van der Waals surface area contributed by atoms with E-state index in [0.717, 1.165) is 4.47 Å². The highest BCUT2D eigenvalue weighted by Gasteiger charge is 2.08. The fourth-order valence-electron chi connectivity index (χ4n) is 1.54. The molecule has 3 nitrogen and oxygen atoms in total. The number of rotatable bonds is 3. The van der Waals surface area contributed by atoms with Crippen molar-refractivity contribution in [3.8, 4) is 5.75 Å². The minimum Gasteiger partial charge on any atom is -0.495 e. The number of methoxy groups -OCH3 is 1. The van der Waals surface area contributed by atoms with Crippen LogP contribution in [0.25, 0.3) is 0 Å². The van der Waals surface area contributed by atoms with Crippen LogP contribution >= 0.6 is 15.9 Å². The van der Waals surface area contributed by atoms with Gasteiger partial charge in [-0.15, -0.1) is 0 Å². The summed E-state index contributed by atoms with van der Waals surface area (Å²) in [6.45, 7) is 0.